The van der Waals surface area contributed by atoms with Crippen LogP contribution in [-0.4, -0.2) is 24.5 Å². The van der Waals surface area contributed by atoms with E-state index in [1.165, 1.54) is 11.3 Å². The lowest BCUT2D eigenvalue weighted by Crippen LogP contribution is -2.42. The summed E-state index contributed by atoms with van der Waals surface area (Å²) in [6, 6.07) is 0. The fourth-order valence-corrected chi connectivity index (χ4v) is 5.12. The zero-order valence-corrected chi connectivity index (χ0v) is 15.1. The van der Waals surface area contributed by atoms with Crippen LogP contribution in [0.3, 0.4) is 0 Å². The number of rotatable bonds is 5. The van der Waals surface area contributed by atoms with Crippen molar-refractivity contribution in [3.8, 4) is 0 Å². The molecule has 2 aliphatic carbocycles. The lowest BCUT2D eigenvalue weighted by molar-refractivity contribution is -0.313. The van der Waals surface area contributed by atoms with Crippen molar-refractivity contribution in [1.29, 1.82) is 0 Å². The molecule has 1 aromatic heterocycles. The van der Waals surface area contributed by atoms with Crippen LogP contribution in [0.1, 0.15) is 59.8 Å². The number of carboxylic acid groups (broad SMARTS) is 1. The van der Waals surface area contributed by atoms with Crippen LogP contribution in [0.4, 0.5) is 5.00 Å². The van der Waals surface area contributed by atoms with Crippen molar-refractivity contribution in [1.82, 2.24) is 0 Å². The van der Waals surface area contributed by atoms with Crippen molar-refractivity contribution >= 4 is 34.2 Å². The first-order valence-corrected chi connectivity index (χ1v) is 9.68. The topological polar surface area (TPSA) is 95.5 Å². The molecule has 0 aromatic carbocycles. The predicted molar refractivity (Wildman–Crippen MR) is 91.4 cm³/mol. The summed E-state index contributed by atoms with van der Waals surface area (Å²) in [6.07, 6.45) is 5.32. The van der Waals surface area contributed by atoms with Crippen LogP contribution in [0.2, 0.25) is 0 Å². The van der Waals surface area contributed by atoms with Crippen LogP contribution < -0.4 is 10.4 Å². The summed E-state index contributed by atoms with van der Waals surface area (Å²) in [6.45, 7) is 2.02. The van der Waals surface area contributed by atoms with Crippen LogP contribution in [0.15, 0.2) is 0 Å². The molecule has 1 fully saturated rings. The Morgan fingerprint density at radius 2 is 1.88 bits per heavy atom. The number of carbonyl (C=O) groups is 3. The van der Waals surface area contributed by atoms with Gasteiger partial charge in [-0.15, -0.1) is 11.3 Å². The molecule has 3 rings (SSSR count). The molecule has 6 nitrogen and oxygen atoms in total. The molecule has 1 amide bonds. The zero-order chi connectivity index (χ0) is 18.0. The summed E-state index contributed by atoms with van der Waals surface area (Å²) >= 11 is 1.41. The maximum atomic E-state index is 12.7. The normalized spacial score (nSPS) is 22.3. The predicted octanol–water partition coefficient (Wildman–Crippen LogP) is 1.91. The van der Waals surface area contributed by atoms with Crippen molar-refractivity contribution < 1.29 is 24.2 Å². The third-order valence-corrected chi connectivity index (χ3v) is 6.25. The van der Waals surface area contributed by atoms with E-state index in [1.807, 2.05) is 0 Å². The number of carboxylic acids is 1. The van der Waals surface area contributed by atoms with E-state index in [-0.39, 0.29) is 12.5 Å². The number of fused-ring (bicyclic) bond motifs is 1. The summed E-state index contributed by atoms with van der Waals surface area (Å²) < 4.78 is 5.15. The summed E-state index contributed by atoms with van der Waals surface area (Å²) in [5.41, 5.74) is 1.42. The van der Waals surface area contributed by atoms with Gasteiger partial charge < -0.3 is 20.0 Å². The van der Waals surface area contributed by atoms with Crippen LogP contribution in [-0.2, 0) is 27.2 Å². The Bertz CT molecular complexity index is 696. The highest BCUT2D eigenvalue weighted by molar-refractivity contribution is 7.17. The molecule has 1 saturated carbocycles. The van der Waals surface area contributed by atoms with Gasteiger partial charge >= 0.3 is 5.97 Å². The van der Waals surface area contributed by atoms with Crippen LogP contribution in [0.25, 0.3) is 0 Å². The average molecular weight is 364 g/mol. The minimum atomic E-state index is -1.17. The fourth-order valence-electron chi connectivity index (χ4n) is 3.84. The lowest BCUT2D eigenvalue weighted by Gasteiger charge is -2.31. The molecule has 25 heavy (non-hydrogen) atoms. The molecule has 1 aromatic rings. The Hall–Kier alpha value is -1.89. The third kappa shape index (κ3) is 3.56. The van der Waals surface area contributed by atoms with Crippen LogP contribution >= 0.6 is 11.3 Å². The van der Waals surface area contributed by atoms with E-state index < -0.39 is 23.8 Å². The molecular formula is C18H22NO5S-. The Morgan fingerprint density at radius 1 is 1.16 bits per heavy atom. The Kier molecular flexibility index (Phi) is 5.42. The van der Waals surface area contributed by atoms with E-state index in [4.69, 9.17) is 4.74 Å². The van der Waals surface area contributed by atoms with Crippen LogP contribution in [0, 0.1) is 11.8 Å². The molecule has 0 spiro atoms. The number of amides is 1. The van der Waals surface area contributed by atoms with Gasteiger partial charge in [-0.1, -0.05) is 12.8 Å². The van der Waals surface area contributed by atoms with Gasteiger partial charge in [-0.2, -0.15) is 0 Å². The molecule has 7 heteroatoms. The van der Waals surface area contributed by atoms with E-state index in [0.29, 0.717) is 23.4 Å². The van der Waals surface area contributed by atoms with Gasteiger partial charge in [0.15, 0.2) is 0 Å². The maximum Gasteiger partial charge on any atom is 0.341 e. The molecule has 2 aliphatic rings. The zero-order valence-electron chi connectivity index (χ0n) is 14.3. The Balaban J connectivity index is 1.83. The summed E-state index contributed by atoms with van der Waals surface area (Å²) in [5, 5.41) is 14.7. The van der Waals surface area contributed by atoms with Crippen molar-refractivity contribution in [3.05, 3.63) is 16.0 Å². The highest BCUT2D eigenvalue weighted by Crippen LogP contribution is 2.40. The lowest BCUT2D eigenvalue weighted by atomic mass is 9.79. The summed E-state index contributed by atoms with van der Waals surface area (Å²) in [5.74, 6) is -3.28. The first-order chi connectivity index (χ1) is 12.0. The molecule has 0 radical (unpaired) electrons. The summed E-state index contributed by atoms with van der Waals surface area (Å²) in [7, 11) is 0. The minimum Gasteiger partial charge on any atom is -0.550 e. The van der Waals surface area contributed by atoms with Crippen molar-refractivity contribution in [3.63, 3.8) is 0 Å². The number of nitrogens with one attached hydrogen (secondary N) is 1. The standard InChI is InChI=1S/C18H23NO5S/c1-2-24-18(23)14-12-8-5-9-13(12)25-16(14)19-15(20)10-6-3-4-7-11(10)17(21)22/h10-11H,2-9H2,1H3,(H,19,20)(H,21,22)/p-1/t10-,11-/m1/s1. The Morgan fingerprint density at radius 3 is 2.56 bits per heavy atom. The fraction of sp³-hybridized carbons (Fsp3) is 0.611. The SMILES string of the molecule is CCOC(=O)c1c(NC(=O)[C@@H]2CCCC[C@H]2C(=O)[O-])sc2c1CCC2. The minimum absolute atomic E-state index is 0.270. The number of carbonyl (C=O) groups excluding carboxylic acids is 3. The van der Waals surface area contributed by atoms with E-state index in [2.05, 4.69) is 5.32 Å². The van der Waals surface area contributed by atoms with Gasteiger partial charge in [-0.05, 0) is 44.6 Å². The largest absolute Gasteiger partial charge is 0.550 e. The third-order valence-electron chi connectivity index (χ3n) is 5.04. The smallest absolute Gasteiger partial charge is 0.341 e. The number of thiophene rings is 1. The molecule has 0 saturated heterocycles. The van der Waals surface area contributed by atoms with Gasteiger partial charge in [0.1, 0.15) is 5.00 Å². The first kappa shape index (κ1) is 17.9. The second-order valence-corrected chi connectivity index (χ2v) is 7.69. The average Bonchev–Trinajstić information content (AvgIpc) is 3.15. The number of anilines is 1. The number of aryl methyl sites for hydroxylation is 1. The monoisotopic (exact) mass is 364 g/mol. The number of ether oxygens (including phenoxy) is 1. The van der Waals surface area contributed by atoms with E-state index >= 15 is 0 Å². The van der Waals surface area contributed by atoms with E-state index in [9.17, 15) is 19.5 Å². The van der Waals surface area contributed by atoms with Gasteiger partial charge in [0.2, 0.25) is 5.91 Å². The van der Waals surface area contributed by atoms with Gasteiger partial charge in [0, 0.05) is 22.7 Å². The van der Waals surface area contributed by atoms with E-state index in [1.54, 1.807) is 6.92 Å². The first-order valence-electron chi connectivity index (χ1n) is 8.86. The van der Waals surface area contributed by atoms with Gasteiger partial charge in [-0.3, -0.25) is 4.79 Å². The molecule has 0 aliphatic heterocycles. The van der Waals surface area contributed by atoms with Crippen molar-refractivity contribution in [2.75, 3.05) is 11.9 Å². The van der Waals surface area contributed by atoms with E-state index in [0.717, 1.165) is 42.5 Å². The number of hydrogen-bond donors (Lipinski definition) is 1. The van der Waals surface area contributed by atoms with Crippen molar-refractivity contribution in [2.24, 2.45) is 11.8 Å². The maximum absolute atomic E-state index is 12.7. The molecule has 0 unspecified atom stereocenters. The quantitative estimate of drug-likeness (QED) is 0.805. The van der Waals surface area contributed by atoms with Gasteiger partial charge in [-0.25, -0.2) is 4.79 Å². The summed E-state index contributed by atoms with van der Waals surface area (Å²) in [4.78, 5) is 37.5. The van der Waals surface area contributed by atoms with Crippen molar-refractivity contribution in [2.45, 2.75) is 51.9 Å². The highest BCUT2D eigenvalue weighted by Gasteiger charge is 2.34. The molecule has 1 heterocycles. The molecule has 136 valence electrons. The number of aliphatic carboxylic acids is 1. The second kappa shape index (κ2) is 7.56. The molecule has 1 N–H and O–H groups in total. The number of hydrogen-bond acceptors (Lipinski definition) is 6. The second-order valence-electron chi connectivity index (χ2n) is 6.59. The van der Waals surface area contributed by atoms with Gasteiger partial charge in [0.05, 0.1) is 12.2 Å². The highest BCUT2D eigenvalue weighted by atomic mass is 32.1. The van der Waals surface area contributed by atoms with Crippen LogP contribution in [0.5, 0.6) is 0 Å². The van der Waals surface area contributed by atoms with Gasteiger partial charge in [0.25, 0.3) is 0 Å². The number of esters is 1. The Labute approximate surface area is 150 Å². The molecule has 0 bridgehead atoms. The molecule has 2 atom stereocenters. The molecular weight excluding hydrogens is 342 g/mol.